The van der Waals surface area contributed by atoms with E-state index in [0.29, 0.717) is 49.4 Å². The van der Waals surface area contributed by atoms with Gasteiger partial charge >= 0.3 is 34.1 Å². The smallest absolute Gasteiger partial charge is 0.351 e. The van der Waals surface area contributed by atoms with Gasteiger partial charge in [-0.2, -0.15) is 9.97 Å². The molecule has 6 aliphatic heterocycles. The maximum absolute atomic E-state index is 14.8. The summed E-state index contributed by atoms with van der Waals surface area (Å²) in [4.78, 5) is 131. The van der Waals surface area contributed by atoms with Crippen molar-refractivity contribution in [1.29, 1.82) is 0 Å². The van der Waals surface area contributed by atoms with Crippen LogP contribution in [0.2, 0.25) is 0 Å². The zero-order chi connectivity index (χ0) is 98.9. The summed E-state index contributed by atoms with van der Waals surface area (Å²) in [6, 6.07) is 7.31. The van der Waals surface area contributed by atoms with Crippen LogP contribution in [0.3, 0.4) is 0 Å². The topological polar surface area (TPSA) is 518 Å². The van der Waals surface area contributed by atoms with Crippen LogP contribution < -0.4 is 67.8 Å². The van der Waals surface area contributed by atoms with Crippen LogP contribution in [-0.2, 0) is 28.4 Å². The summed E-state index contributed by atoms with van der Waals surface area (Å²) < 4.78 is 128. The minimum Gasteiger partial charge on any atom is -0.393 e. The molecule has 14 N–H and O–H groups in total. The Kier molecular flexibility index (Phi) is 38.4. The van der Waals surface area contributed by atoms with Crippen molar-refractivity contribution < 1.29 is 85.4 Å². The van der Waals surface area contributed by atoms with Crippen LogP contribution in [0.1, 0.15) is 207 Å². The van der Waals surface area contributed by atoms with Crippen molar-refractivity contribution in [3.8, 4) is 0 Å². The first kappa shape index (κ1) is 109. The number of aliphatic hydroxyl groups excluding tert-OH is 6. The van der Waals surface area contributed by atoms with E-state index in [1.54, 1.807) is 19.1 Å². The van der Waals surface area contributed by atoms with Crippen molar-refractivity contribution >= 4 is 11.6 Å². The Morgan fingerprint density at radius 1 is 0.364 bits per heavy atom. The summed E-state index contributed by atoms with van der Waals surface area (Å²) in [5.74, 6) is 0.763. The average molecular weight is 1880 g/mol. The zero-order valence-corrected chi connectivity index (χ0v) is 77.7. The maximum atomic E-state index is 14.8. The Labute approximate surface area is 758 Å². The van der Waals surface area contributed by atoms with Crippen molar-refractivity contribution in [3.63, 3.8) is 0 Å². The van der Waals surface area contributed by atoms with Gasteiger partial charge in [0, 0.05) is 79.2 Å². The highest BCUT2D eigenvalue weighted by atomic mass is 19.2. The number of nitrogens with one attached hydrogen (secondary N) is 4. The Morgan fingerprint density at radius 2 is 0.621 bits per heavy atom. The first-order valence-electron chi connectivity index (χ1n) is 44.3. The summed E-state index contributed by atoms with van der Waals surface area (Å²) >= 11 is 0. The number of hydrogen-bond acceptors (Lipinski definition) is 26. The fourth-order valence-electron chi connectivity index (χ4n) is 16.0. The number of nitrogen functional groups attached to an aromatic ring is 2. The number of aromatic amines is 4. The monoisotopic (exact) mass is 1870 g/mol. The van der Waals surface area contributed by atoms with Crippen molar-refractivity contribution in [3.05, 3.63) is 227 Å². The summed E-state index contributed by atoms with van der Waals surface area (Å²) in [5.41, 5.74) is -2.45. The predicted molar refractivity (Wildman–Crippen MR) is 479 cm³/mol. The number of H-pyrrole nitrogens is 4. The zero-order valence-electron chi connectivity index (χ0n) is 77.7. The lowest BCUT2D eigenvalue weighted by molar-refractivity contribution is -0.134. The minimum absolute atomic E-state index is 0.0171. The molecule has 36 nitrogen and oxygen atoms in total. The Morgan fingerprint density at radius 3 is 0.902 bits per heavy atom. The van der Waals surface area contributed by atoms with Gasteiger partial charge in [-0.05, 0) is 92.6 Å². The van der Waals surface area contributed by atoms with Gasteiger partial charge in [0.2, 0.25) is 0 Å². The third kappa shape index (κ3) is 25.2. The van der Waals surface area contributed by atoms with Gasteiger partial charge in [0.1, 0.15) is 46.8 Å². The lowest BCUT2D eigenvalue weighted by atomic mass is 9.80. The molecular weight excluding hydrogens is 1740 g/mol. The second-order valence-corrected chi connectivity index (χ2v) is 36.3. The molecule has 736 valence electrons. The highest BCUT2D eigenvalue weighted by Crippen LogP contribution is 2.51. The molecule has 12 heterocycles. The Hall–Kier alpha value is -9.86. The number of alkyl halides is 6. The molecule has 0 spiro atoms. The van der Waals surface area contributed by atoms with E-state index in [9.17, 15) is 105 Å². The van der Waals surface area contributed by atoms with E-state index in [1.807, 2.05) is 124 Å². The molecule has 0 amide bonds. The van der Waals surface area contributed by atoms with Crippen LogP contribution in [0.4, 0.5) is 38.0 Å². The van der Waals surface area contributed by atoms with Crippen molar-refractivity contribution in [1.82, 2.24) is 57.3 Å². The van der Waals surface area contributed by atoms with E-state index < -0.39 is 208 Å². The standard InChI is InChI=1S/C16H24FN3O2.C16H25FN2O3.C16H23FN2O3.C14H22FN3O4.2C14H19FN2O5/c1-5-16(8-6-10(2)3)11(4)13(17)14(22-16)20-9-7-12(18)19-15(20)21;2*1-5-16(8-6-10(2)3)11(4)13(17)14(22-16)19-9-7-12(20)18-15(19)21;1-8(2)3-5-14(7-19)11(20)10(15)12(22-14)18-6-4-9(16)17-13(18)21;2*1-8(2)3-5-14(7-18)11(20)10(15)12(22-14)17-6-4-9(19)16-13(17)21/h6-11,13-14H,5H2,1-4H3,(H2,18,19,21);7,9-11,13-14H,5-6,8H2,1-4H3,(H,18,20,21);6-11,13-14H,5H2,1-4H3,(H,18,20,21);4,6,8,10-12,19-20H,3,5,7H2,1-2H3,(H2,16,17,21);2*3-6,8,10-12,18,20H,7H2,1-2H3,(H,16,19,21)/b8-6+;;8-6+;;2*5-3+/t3*11-,13+,14+,16-;3*10-,11+,12-,14-/m000111/s1. The molecule has 6 saturated heterocycles. The normalized spacial score (nSPS) is 32.1. The van der Waals surface area contributed by atoms with E-state index in [4.69, 9.17) is 39.9 Å². The quantitative estimate of drug-likeness (QED) is 0.0186. The number of nitrogens with zero attached hydrogens (tertiary/aromatic N) is 8. The molecule has 6 aromatic heterocycles. The van der Waals surface area contributed by atoms with Crippen LogP contribution >= 0.6 is 0 Å². The Bertz CT molecular complexity index is 5260. The highest BCUT2D eigenvalue weighted by molar-refractivity contribution is 5.25. The molecule has 0 aromatic carbocycles. The van der Waals surface area contributed by atoms with Gasteiger partial charge < -0.3 is 70.5 Å². The summed E-state index contributed by atoms with van der Waals surface area (Å²) in [5, 5.41) is 59.1. The van der Waals surface area contributed by atoms with Gasteiger partial charge in [0.25, 0.3) is 22.2 Å². The summed E-state index contributed by atoms with van der Waals surface area (Å²) in [6.45, 7) is 33.4. The number of anilines is 2. The van der Waals surface area contributed by atoms with Crippen LogP contribution in [0.15, 0.2) is 170 Å². The third-order valence-corrected chi connectivity index (χ3v) is 24.5. The molecule has 0 aliphatic carbocycles. The van der Waals surface area contributed by atoms with E-state index in [1.165, 1.54) is 65.8 Å². The fraction of sp³-hybridized carbons (Fsp3) is 0.644. The summed E-state index contributed by atoms with van der Waals surface area (Å²) in [6.07, 6.45) is 4.39. The van der Waals surface area contributed by atoms with E-state index in [0.717, 1.165) is 60.2 Å². The lowest BCUT2D eigenvalue weighted by Gasteiger charge is -2.32. The van der Waals surface area contributed by atoms with Gasteiger partial charge in [-0.1, -0.05) is 173 Å². The van der Waals surface area contributed by atoms with Crippen molar-refractivity contribution in [2.24, 2.45) is 53.3 Å². The number of nitrogens with two attached hydrogens (primary N) is 2. The predicted octanol–water partition coefficient (Wildman–Crippen LogP) is 7.35. The van der Waals surface area contributed by atoms with Gasteiger partial charge in [-0.15, -0.1) is 0 Å². The molecule has 0 radical (unpaired) electrons. The first-order chi connectivity index (χ1) is 61.8. The third-order valence-electron chi connectivity index (χ3n) is 24.5. The molecule has 12 rings (SSSR count). The molecular formula is C90H132F6N14O22. The van der Waals surface area contributed by atoms with E-state index >= 15 is 0 Å². The molecule has 0 saturated carbocycles. The molecule has 6 aromatic rings. The molecule has 24 atom stereocenters. The second-order valence-electron chi connectivity index (χ2n) is 36.3. The van der Waals surface area contributed by atoms with Gasteiger partial charge in [0.15, 0.2) is 74.4 Å². The second kappa shape index (κ2) is 46.4. The van der Waals surface area contributed by atoms with Gasteiger partial charge in [0.05, 0.1) is 36.6 Å². The molecule has 132 heavy (non-hydrogen) atoms. The average Bonchev–Trinajstić information content (AvgIpc) is 1.65. The van der Waals surface area contributed by atoms with Crippen LogP contribution in [0.25, 0.3) is 0 Å². The van der Waals surface area contributed by atoms with Crippen LogP contribution in [-0.4, -0.2) is 197 Å². The number of allylic oxidation sites excluding steroid dienone is 4. The van der Waals surface area contributed by atoms with Crippen molar-refractivity contribution in [2.45, 2.75) is 296 Å². The van der Waals surface area contributed by atoms with E-state index in [2.05, 4.69) is 47.6 Å². The fourth-order valence-corrected chi connectivity index (χ4v) is 16.0. The van der Waals surface area contributed by atoms with Crippen molar-refractivity contribution in [2.75, 3.05) is 31.3 Å². The summed E-state index contributed by atoms with van der Waals surface area (Å²) in [7, 11) is 0. The van der Waals surface area contributed by atoms with Crippen LogP contribution in [0.5, 0.6) is 0 Å². The maximum Gasteiger partial charge on any atom is 0.351 e. The lowest BCUT2D eigenvalue weighted by Crippen LogP contribution is -2.45. The van der Waals surface area contributed by atoms with E-state index in [-0.39, 0.29) is 41.7 Å². The molecule has 42 heteroatoms. The van der Waals surface area contributed by atoms with Gasteiger partial charge in [-0.3, -0.25) is 66.5 Å². The molecule has 0 bridgehead atoms. The first-order valence-corrected chi connectivity index (χ1v) is 44.3. The number of aromatic nitrogens is 12. The number of ether oxygens (including phenoxy) is 6. The molecule has 6 aliphatic rings. The SMILES string of the molecule is CC(C)/C=C/[C@]1(CO)O[C@@H](n2ccc(=O)[nH]c2=O)[C@H](F)[C@@H]1O.CC(C)/C=C/[C@]1(CO)O[C@@H](n2ccc(=O)[nH]c2=O)[C@H](F)[C@@H]1O.CC(C)CC[C@]1(CO)O[C@@H](n2ccc(N)nc2=O)[C@H](F)[C@@H]1O.CC[C@@]1(/C=C/C(C)C)O[C@@H](n2ccc(=O)[nH]c2=O)[C@H](F)[C@@H]1C.CC[C@@]1(/C=C/C(C)C)O[C@@H](n2ccc(N)nc2=O)[C@H](F)[C@@H]1C.CC[C@@]1(CCC(C)C)O[C@@H](n2ccc(=O)[nH]c2=O)[C@H](F)[C@@H]1C. The number of aliphatic hydroxyl groups is 6. The van der Waals surface area contributed by atoms with Crippen LogP contribution in [0, 0.1) is 53.3 Å². The number of hydrogen-bond donors (Lipinski definition) is 12. The molecule has 6 fully saturated rings. The molecule has 0 unspecified atom stereocenters. The number of halogens is 6. The number of rotatable bonds is 26. The van der Waals surface area contributed by atoms with Gasteiger partial charge in [-0.25, -0.2) is 55.1 Å². The minimum atomic E-state index is -1.94. The highest BCUT2D eigenvalue weighted by Gasteiger charge is 2.60. The largest absolute Gasteiger partial charge is 0.393 e. The Balaban J connectivity index is 0.000000216.